The van der Waals surface area contributed by atoms with E-state index < -0.39 is 11.9 Å². The lowest BCUT2D eigenvalue weighted by atomic mass is 10.1. The highest BCUT2D eigenvalue weighted by Crippen LogP contribution is 2.34. The van der Waals surface area contributed by atoms with Crippen LogP contribution in [0, 0.1) is 18.3 Å². The Labute approximate surface area is 174 Å². The molecule has 0 saturated carbocycles. The molecule has 8 heteroatoms. The molecule has 0 unspecified atom stereocenters. The highest BCUT2D eigenvalue weighted by molar-refractivity contribution is 7.17. The van der Waals surface area contributed by atoms with Gasteiger partial charge in [-0.3, -0.25) is 4.90 Å². The van der Waals surface area contributed by atoms with E-state index in [-0.39, 0.29) is 0 Å². The van der Waals surface area contributed by atoms with Crippen molar-refractivity contribution in [2.45, 2.75) is 19.8 Å². The lowest BCUT2D eigenvalue weighted by Crippen LogP contribution is -2.46. The van der Waals surface area contributed by atoms with Crippen molar-refractivity contribution < 1.29 is 19.8 Å². The molecule has 1 aromatic carbocycles. The summed E-state index contributed by atoms with van der Waals surface area (Å²) in [6.45, 7) is 7.60. The van der Waals surface area contributed by atoms with Crippen LogP contribution < -0.4 is 4.90 Å². The number of carboxylic acids is 2. The Balaban J connectivity index is 0.000000321. The number of benzene rings is 1. The number of thiophene rings is 1. The monoisotopic (exact) mass is 415 g/mol. The van der Waals surface area contributed by atoms with E-state index in [0.29, 0.717) is 18.6 Å². The van der Waals surface area contributed by atoms with Gasteiger partial charge in [0.2, 0.25) is 0 Å². The average Bonchev–Trinajstić information content (AvgIpc) is 3.10. The van der Waals surface area contributed by atoms with Gasteiger partial charge in [-0.05, 0) is 31.5 Å². The molecule has 29 heavy (non-hydrogen) atoms. The summed E-state index contributed by atoms with van der Waals surface area (Å²) < 4.78 is 1.39. The number of hydrogen-bond donors (Lipinski definition) is 2. The lowest BCUT2D eigenvalue weighted by Gasteiger charge is -2.35. The van der Waals surface area contributed by atoms with Crippen LogP contribution in [0.25, 0.3) is 10.1 Å². The van der Waals surface area contributed by atoms with Crippen LogP contribution in [0.2, 0.25) is 0 Å². The van der Waals surface area contributed by atoms with Gasteiger partial charge in [0.05, 0.1) is 11.8 Å². The molecule has 0 bridgehead atoms. The Bertz CT molecular complexity index is 892. The number of carboxylic acid groups (broad SMARTS) is 2. The summed E-state index contributed by atoms with van der Waals surface area (Å²) in [5.41, 5.74) is 2.73. The summed E-state index contributed by atoms with van der Waals surface area (Å²) in [6.07, 6.45) is 2.79. The Morgan fingerprint density at radius 3 is 2.41 bits per heavy atom. The number of fused-ring (bicyclic) bond motifs is 1. The fraction of sp³-hybridized carbons (Fsp3) is 0.381. The van der Waals surface area contributed by atoms with Crippen LogP contribution in [0.5, 0.6) is 0 Å². The molecule has 0 spiro atoms. The third kappa shape index (κ3) is 7.22. The van der Waals surface area contributed by atoms with Gasteiger partial charge in [-0.2, -0.15) is 5.26 Å². The first-order valence-corrected chi connectivity index (χ1v) is 10.2. The van der Waals surface area contributed by atoms with Gasteiger partial charge >= 0.3 is 11.9 Å². The predicted molar refractivity (Wildman–Crippen MR) is 114 cm³/mol. The van der Waals surface area contributed by atoms with Crippen molar-refractivity contribution in [3.8, 4) is 6.07 Å². The standard InChI is InChI=1S/C17H21N3S.C4H4O4/c1-14-4-5-15-16(13-21-17(15)12-14)20-10-8-19(9-11-20)7-3-2-6-18;5-3(6)1-2-4(7)8/h4-5,12-13H,2-3,7-11H2,1H3;1-2H,(H,5,6)(H,7,8)/b;2-1-. The number of nitrogens with zero attached hydrogens (tertiary/aromatic N) is 3. The van der Waals surface area contributed by atoms with Crippen molar-refractivity contribution in [3.63, 3.8) is 0 Å². The number of unbranched alkanes of at least 4 members (excludes halogenated alkanes) is 1. The fourth-order valence-corrected chi connectivity index (χ4v) is 4.17. The first-order valence-electron chi connectivity index (χ1n) is 9.36. The topological polar surface area (TPSA) is 105 Å². The van der Waals surface area contributed by atoms with Gasteiger partial charge in [-0.15, -0.1) is 11.3 Å². The van der Waals surface area contributed by atoms with E-state index in [9.17, 15) is 9.59 Å². The van der Waals surface area contributed by atoms with Crippen LogP contribution in [0.3, 0.4) is 0 Å². The smallest absolute Gasteiger partial charge is 0.328 e. The molecule has 1 aliphatic heterocycles. The third-order valence-electron chi connectivity index (χ3n) is 4.55. The van der Waals surface area contributed by atoms with Crippen LogP contribution in [-0.4, -0.2) is 59.8 Å². The van der Waals surface area contributed by atoms with E-state index >= 15 is 0 Å². The minimum Gasteiger partial charge on any atom is -0.478 e. The maximum atomic E-state index is 9.55. The van der Waals surface area contributed by atoms with E-state index in [1.165, 1.54) is 21.3 Å². The largest absolute Gasteiger partial charge is 0.478 e. The molecule has 0 radical (unpaired) electrons. The number of carbonyl (C=O) groups is 2. The number of hydrogen-bond acceptors (Lipinski definition) is 6. The summed E-state index contributed by atoms with van der Waals surface area (Å²) in [5, 5.41) is 27.9. The van der Waals surface area contributed by atoms with Gasteiger partial charge in [-0.25, -0.2) is 9.59 Å². The summed E-state index contributed by atoms with van der Waals surface area (Å²) in [6, 6.07) is 8.97. The first kappa shape index (κ1) is 22.4. The lowest BCUT2D eigenvalue weighted by molar-refractivity contribution is -0.134. The Morgan fingerprint density at radius 2 is 1.83 bits per heavy atom. The van der Waals surface area contributed by atoms with Gasteiger partial charge in [0.15, 0.2) is 0 Å². The van der Waals surface area contributed by atoms with Crippen LogP contribution in [0.15, 0.2) is 35.7 Å². The van der Waals surface area contributed by atoms with E-state index in [1.54, 1.807) is 0 Å². The Hall–Kier alpha value is -2.89. The van der Waals surface area contributed by atoms with Gasteiger partial charge < -0.3 is 15.1 Å². The fourth-order valence-electron chi connectivity index (χ4n) is 3.10. The summed E-state index contributed by atoms with van der Waals surface area (Å²) in [7, 11) is 0. The zero-order chi connectivity index (χ0) is 21.2. The van der Waals surface area contributed by atoms with E-state index in [4.69, 9.17) is 15.5 Å². The van der Waals surface area contributed by atoms with Gasteiger partial charge in [0.25, 0.3) is 0 Å². The van der Waals surface area contributed by atoms with Crippen LogP contribution in [-0.2, 0) is 9.59 Å². The molecular weight excluding hydrogens is 390 g/mol. The number of piperazine rings is 1. The minimum absolute atomic E-state index is 0.558. The van der Waals surface area contributed by atoms with Crippen LogP contribution >= 0.6 is 11.3 Å². The molecule has 0 atom stereocenters. The molecule has 0 amide bonds. The molecule has 2 aromatic rings. The van der Waals surface area contributed by atoms with Crippen molar-refractivity contribution >= 4 is 39.0 Å². The second-order valence-electron chi connectivity index (χ2n) is 6.72. The molecule has 1 fully saturated rings. The van der Waals surface area contributed by atoms with Crippen molar-refractivity contribution in [1.29, 1.82) is 5.26 Å². The van der Waals surface area contributed by atoms with Gasteiger partial charge in [0, 0.05) is 60.2 Å². The predicted octanol–water partition coefficient (Wildman–Crippen LogP) is 3.35. The zero-order valence-electron chi connectivity index (χ0n) is 16.4. The maximum absolute atomic E-state index is 9.55. The van der Waals surface area contributed by atoms with E-state index in [0.717, 1.165) is 39.1 Å². The van der Waals surface area contributed by atoms with Crippen molar-refractivity contribution in [2.75, 3.05) is 37.6 Å². The Morgan fingerprint density at radius 1 is 1.17 bits per heavy atom. The number of rotatable bonds is 6. The molecule has 154 valence electrons. The average molecular weight is 416 g/mol. The highest BCUT2D eigenvalue weighted by atomic mass is 32.1. The van der Waals surface area contributed by atoms with Gasteiger partial charge in [-0.1, -0.05) is 12.1 Å². The SMILES string of the molecule is Cc1ccc2c(N3CCN(CCCC#N)CC3)csc2c1.O=C(O)/C=C\C(=O)O. The van der Waals surface area contributed by atoms with Crippen molar-refractivity contribution in [2.24, 2.45) is 0 Å². The van der Waals surface area contributed by atoms with Crippen LogP contribution in [0.4, 0.5) is 5.69 Å². The van der Waals surface area contributed by atoms with Crippen molar-refractivity contribution in [3.05, 3.63) is 41.3 Å². The summed E-state index contributed by atoms with van der Waals surface area (Å²) >= 11 is 1.85. The van der Waals surface area contributed by atoms with Crippen molar-refractivity contribution in [1.82, 2.24) is 4.90 Å². The minimum atomic E-state index is -1.26. The second-order valence-corrected chi connectivity index (χ2v) is 7.63. The number of aryl methyl sites for hydroxylation is 1. The first-order chi connectivity index (χ1) is 13.9. The molecule has 2 heterocycles. The number of anilines is 1. The number of nitriles is 1. The molecule has 0 aliphatic carbocycles. The molecule has 1 aromatic heterocycles. The molecular formula is C21H25N3O4S. The van der Waals surface area contributed by atoms with Gasteiger partial charge in [0.1, 0.15) is 0 Å². The summed E-state index contributed by atoms with van der Waals surface area (Å²) in [4.78, 5) is 24.1. The Kier molecular flexibility index (Phi) is 8.65. The molecule has 2 N–H and O–H groups in total. The summed E-state index contributed by atoms with van der Waals surface area (Å²) in [5.74, 6) is -2.51. The molecule has 7 nitrogen and oxygen atoms in total. The quantitative estimate of drug-likeness (QED) is 0.551. The third-order valence-corrected chi connectivity index (χ3v) is 5.49. The zero-order valence-corrected chi connectivity index (χ0v) is 17.2. The molecule has 3 rings (SSSR count). The number of aliphatic carboxylic acids is 2. The normalized spacial score (nSPS) is 14.4. The highest BCUT2D eigenvalue weighted by Gasteiger charge is 2.19. The van der Waals surface area contributed by atoms with E-state index in [2.05, 4.69) is 46.4 Å². The molecule has 1 aliphatic rings. The van der Waals surface area contributed by atoms with Crippen LogP contribution in [0.1, 0.15) is 18.4 Å². The second kappa shape index (κ2) is 11.2. The molecule has 1 saturated heterocycles. The van der Waals surface area contributed by atoms with E-state index in [1.807, 2.05) is 11.3 Å². The maximum Gasteiger partial charge on any atom is 0.328 e.